The van der Waals surface area contributed by atoms with Gasteiger partial charge in [0.25, 0.3) is 0 Å². The molecule has 0 aromatic rings. The summed E-state index contributed by atoms with van der Waals surface area (Å²) in [5.74, 6) is 0.419. The van der Waals surface area contributed by atoms with E-state index >= 15 is 0 Å². The van der Waals surface area contributed by atoms with E-state index in [1.807, 2.05) is 0 Å². The molecule has 84 valence electrons. The predicted octanol–water partition coefficient (Wildman–Crippen LogP) is 0.597. The molecule has 5 heteroatoms. The number of carbonyl (C=O) groups is 1. The maximum atomic E-state index is 10.7. The third-order valence-corrected chi connectivity index (χ3v) is 2.19. The van der Waals surface area contributed by atoms with Gasteiger partial charge in [0, 0.05) is 6.54 Å². The molecular weight excluding hydrogens is 206 g/mol. The van der Waals surface area contributed by atoms with Gasteiger partial charge in [-0.1, -0.05) is 0 Å². The molecule has 4 nitrogen and oxygen atoms in total. The molecule has 0 saturated carbocycles. The van der Waals surface area contributed by atoms with Gasteiger partial charge in [-0.25, -0.2) is 0 Å². The van der Waals surface area contributed by atoms with Gasteiger partial charge in [0.1, 0.15) is 0 Å². The van der Waals surface area contributed by atoms with Gasteiger partial charge in [0.2, 0.25) is 0 Å². The van der Waals surface area contributed by atoms with Crippen molar-refractivity contribution in [1.29, 1.82) is 0 Å². The molecule has 1 N–H and O–H groups in total. The molecular formula is C9H18ClNO3. The second-order valence-corrected chi connectivity index (χ2v) is 3.26. The van der Waals surface area contributed by atoms with Crippen molar-refractivity contribution < 1.29 is 14.3 Å². The molecule has 0 aromatic heterocycles. The van der Waals surface area contributed by atoms with Crippen LogP contribution in [-0.4, -0.2) is 39.4 Å². The third-order valence-electron chi connectivity index (χ3n) is 2.19. The van der Waals surface area contributed by atoms with Crippen LogP contribution in [0.2, 0.25) is 0 Å². The summed E-state index contributed by atoms with van der Waals surface area (Å²) in [6.45, 7) is 3.36. The van der Waals surface area contributed by atoms with E-state index in [0.717, 1.165) is 19.7 Å². The zero-order chi connectivity index (χ0) is 9.52. The number of nitrogens with one attached hydrogen (secondary N) is 1. The lowest BCUT2D eigenvalue weighted by Gasteiger charge is -2.08. The van der Waals surface area contributed by atoms with Crippen LogP contribution in [0.5, 0.6) is 0 Å². The van der Waals surface area contributed by atoms with Crippen molar-refractivity contribution in [2.24, 2.45) is 5.92 Å². The molecule has 14 heavy (non-hydrogen) atoms. The normalized spacial score (nSPS) is 20.2. The number of rotatable bonds is 5. The number of hydrogen-bond donors (Lipinski definition) is 1. The fourth-order valence-electron chi connectivity index (χ4n) is 1.36. The number of methoxy groups -OCH3 is 1. The summed E-state index contributed by atoms with van der Waals surface area (Å²) in [7, 11) is 1.39. The molecule has 1 aliphatic heterocycles. The summed E-state index contributed by atoms with van der Waals surface area (Å²) in [5.41, 5.74) is 0. The first-order valence-corrected chi connectivity index (χ1v) is 4.68. The van der Waals surface area contributed by atoms with Gasteiger partial charge >= 0.3 is 5.97 Å². The molecule has 1 fully saturated rings. The Hall–Kier alpha value is -0.320. The zero-order valence-electron chi connectivity index (χ0n) is 8.45. The van der Waals surface area contributed by atoms with E-state index in [1.54, 1.807) is 0 Å². The van der Waals surface area contributed by atoms with Gasteiger partial charge in [-0.15, -0.1) is 12.4 Å². The van der Waals surface area contributed by atoms with Crippen molar-refractivity contribution in [3.05, 3.63) is 0 Å². The lowest BCUT2D eigenvalue weighted by atomic mass is 10.1. The van der Waals surface area contributed by atoms with Gasteiger partial charge in [-0.2, -0.15) is 0 Å². The van der Waals surface area contributed by atoms with Crippen LogP contribution >= 0.6 is 12.4 Å². The highest BCUT2D eigenvalue weighted by Crippen LogP contribution is 2.07. The number of halogens is 1. The smallest absolute Gasteiger partial charge is 0.307 e. The molecule has 1 rings (SSSR count). The summed E-state index contributed by atoms with van der Waals surface area (Å²) in [5, 5.41) is 3.26. The summed E-state index contributed by atoms with van der Waals surface area (Å²) in [4.78, 5) is 10.7. The second-order valence-electron chi connectivity index (χ2n) is 3.26. The summed E-state index contributed by atoms with van der Waals surface area (Å²) < 4.78 is 9.84. The third kappa shape index (κ3) is 5.42. The highest BCUT2D eigenvalue weighted by atomic mass is 35.5. The first-order chi connectivity index (χ1) is 6.33. The highest BCUT2D eigenvalue weighted by Gasteiger charge is 2.14. The number of hydrogen-bond acceptors (Lipinski definition) is 4. The Labute approximate surface area is 90.7 Å². The maximum Gasteiger partial charge on any atom is 0.307 e. The molecule has 0 bridgehead atoms. The van der Waals surface area contributed by atoms with Crippen molar-refractivity contribution >= 4 is 18.4 Å². The Morgan fingerprint density at radius 3 is 2.93 bits per heavy atom. The maximum absolute atomic E-state index is 10.7. The fourth-order valence-corrected chi connectivity index (χ4v) is 1.36. The van der Waals surface area contributed by atoms with E-state index in [4.69, 9.17) is 4.74 Å². The average molecular weight is 224 g/mol. The summed E-state index contributed by atoms with van der Waals surface area (Å²) >= 11 is 0. The minimum absolute atomic E-state index is 0. The Balaban J connectivity index is 0.00000169. The van der Waals surface area contributed by atoms with E-state index in [9.17, 15) is 4.79 Å². The van der Waals surface area contributed by atoms with Crippen LogP contribution in [0.1, 0.15) is 12.8 Å². The van der Waals surface area contributed by atoms with Crippen molar-refractivity contribution in [3.63, 3.8) is 0 Å². The highest BCUT2D eigenvalue weighted by molar-refractivity contribution is 5.85. The van der Waals surface area contributed by atoms with Crippen LogP contribution in [0.25, 0.3) is 0 Å². The minimum atomic E-state index is -0.204. The van der Waals surface area contributed by atoms with Crippen molar-refractivity contribution in [2.45, 2.75) is 12.8 Å². The Bertz CT molecular complexity index is 160. The average Bonchev–Trinajstić information content (AvgIpc) is 2.64. The van der Waals surface area contributed by atoms with Crippen LogP contribution in [0.15, 0.2) is 0 Å². The second kappa shape index (κ2) is 8.03. The Morgan fingerprint density at radius 2 is 2.36 bits per heavy atom. The van der Waals surface area contributed by atoms with Crippen LogP contribution < -0.4 is 5.32 Å². The fraction of sp³-hybridized carbons (Fsp3) is 0.889. The van der Waals surface area contributed by atoms with Crippen LogP contribution in [0, 0.1) is 5.92 Å². The standard InChI is InChI=1S/C9H17NO3.ClH/c1-12-9(11)3-5-13-7-8-2-4-10-6-8;/h8,10H,2-7H2,1H3;1H. The number of carbonyl (C=O) groups excluding carboxylic acids is 1. The molecule has 1 aliphatic rings. The number of esters is 1. The van der Waals surface area contributed by atoms with Crippen LogP contribution in [0.4, 0.5) is 0 Å². The summed E-state index contributed by atoms with van der Waals surface area (Å²) in [6.07, 6.45) is 1.54. The quantitative estimate of drug-likeness (QED) is 0.548. The minimum Gasteiger partial charge on any atom is -0.469 e. The van der Waals surface area contributed by atoms with E-state index in [0.29, 0.717) is 18.9 Å². The largest absolute Gasteiger partial charge is 0.469 e. The van der Waals surface area contributed by atoms with Gasteiger partial charge in [0.05, 0.1) is 26.7 Å². The SMILES string of the molecule is COC(=O)CCOCC1CCNC1.Cl. The zero-order valence-corrected chi connectivity index (χ0v) is 9.27. The number of ether oxygens (including phenoxy) is 2. The first kappa shape index (κ1) is 13.7. The van der Waals surface area contributed by atoms with E-state index in [1.165, 1.54) is 13.5 Å². The van der Waals surface area contributed by atoms with Gasteiger partial charge < -0.3 is 14.8 Å². The van der Waals surface area contributed by atoms with E-state index < -0.39 is 0 Å². The Kier molecular flexibility index (Phi) is 7.84. The predicted molar refractivity (Wildman–Crippen MR) is 55.7 cm³/mol. The van der Waals surface area contributed by atoms with Crippen molar-refractivity contribution in [2.75, 3.05) is 33.4 Å². The Morgan fingerprint density at radius 1 is 1.57 bits per heavy atom. The molecule has 0 amide bonds. The van der Waals surface area contributed by atoms with E-state index in [2.05, 4.69) is 10.1 Å². The van der Waals surface area contributed by atoms with Gasteiger partial charge in [0.15, 0.2) is 0 Å². The van der Waals surface area contributed by atoms with Crippen LogP contribution in [0.3, 0.4) is 0 Å². The molecule has 0 radical (unpaired) electrons. The molecule has 1 unspecified atom stereocenters. The molecule has 0 spiro atoms. The lowest BCUT2D eigenvalue weighted by molar-refractivity contribution is -0.141. The monoisotopic (exact) mass is 223 g/mol. The van der Waals surface area contributed by atoms with Crippen molar-refractivity contribution in [3.8, 4) is 0 Å². The summed E-state index contributed by atoms with van der Waals surface area (Å²) in [6, 6.07) is 0. The molecule has 1 saturated heterocycles. The first-order valence-electron chi connectivity index (χ1n) is 4.68. The molecule has 0 aromatic carbocycles. The van der Waals surface area contributed by atoms with Crippen molar-refractivity contribution in [1.82, 2.24) is 5.32 Å². The van der Waals surface area contributed by atoms with Gasteiger partial charge in [-0.3, -0.25) is 4.79 Å². The van der Waals surface area contributed by atoms with E-state index in [-0.39, 0.29) is 18.4 Å². The molecule has 1 atom stereocenters. The van der Waals surface area contributed by atoms with Crippen LogP contribution in [-0.2, 0) is 14.3 Å². The molecule has 1 heterocycles. The lowest BCUT2D eigenvalue weighted by Crippen LogP contribution is -2.15. The topological polar surface area (TPSA) is 47.6 Å². The molecule has 0 aliphatic carbocycles. The van der Waals surface area contributed by atoms with Gasteiger partial charge in [-0.05, 0) is 18.9 Å².